The molecule has 4 fully saturated rings. The fraction of sp³-hybridized carbons (Fsp3) is 0.720. The zero-order valence-electron chi connectivity index (χ0n) is 19.6. The van der Waals surface area contributed by atoms with Gasteiger partial charge in [0.15, 0.2) is 22.8 Å². The monoisotopic (exact) mass is 478 g/mol. The molecule has 0 aromatic heterocycles. The summed E-state index contributed by atoms with van der Waals surface area (Å²) < 4.78 is 34.1. The van der Waals surface area contributed by atoms with Crippen LogP contribution in [0.5, 0.6) is 0 Å². The summed E-state index contributed by atoms with van der Waals surface area (Å²) in [7, 11) is 0. The fourth-order valence-corrected chi connectivity index (χ4v) is 7.89. The summed E-state index contributed by atoms with van der Waals surface area (Å²) in [4.78, 5) is 37.6. The second kappa shape index (κ2) is 7.53. The third kappa shape index (κ3) is 2.64. The Morgan fingerprint density at radius 1 is 1.29 bits per heavy atom. The first kappa shape index (κ1) is 23.8. The average molecular weight is 479 g/mol. The fourth-order valence-electron chi connectivity index (χ4n) is 7.89. The number of carbonyl (C=O) groups excluding carboxylic acids is 3. The quantitative estimate of drug-likeness (QED) is 0.585. The lowest BCUT2D eigenvalue weighted by atomic mass is 9.44. The molecule has 4 aliphatic carbocycles. The normalized spacial score (nSPS) is 48.9. The molecule has 0 aromatic carbocycles. The summed E-state index contributed by atoms with van der Waals surface area (Å²) >= 11 is 0. The lowest BCUT2D eigenvalue weighted by Crippen LogP contribution is -2.69. The second-order valence-electron chi connectivity index (χ2n) is 10.6. The van der Waals surface area contributed by atoms with E-state index in [-0.39, 0.29) is 25.2 Å². The van der Waals surface area contributed by atoms with E-state index in [1.54, 1.807) is 26.8 Å². The summed E-state index contributed by atoms with van der Waals surface area (Å²) in [6.45, 7) is 4.38. The Bertz CT molecular complexity index is 1010. The first-order chi connectivity index (χ1) is 16.0. The molecular weight excluding hydrogens is 447 g/mol. The number of fused-ring (bicyclic) bond motifs is 7. The molecule has 3 saturated carbocycles. The standard InChI is InChI=1S/C25H31FO8/c1-4-32-20(31)21-33-19-10-16-15-6-5-13-9-14(28)7-8-22(13,2)24(15,26)17(29)11-23(16,3)25(19,34-21)18(30)12-27/h7-9,15-17,19,21,27,29H,4-6,10-12H2,1-3H3/t15-,16-,17-,19?,21?,22-,23-,24-,25+/m0/s1. The maximum absolute atomic E-state index is 17.2. The molecule has 9 heteroatoms. The van der Waals surface area contributed by atoms with Crippen LogP contribution in [0.2, 0.25) is 0 Å². The predicted molar refractivity (Wildman–Crippen MR) is 115 cm³/mol. The summed E-state index contributed by atoms with van der Waals surface area (Å²) in [5.74, 6) is -2.69. The van der Waals surface area contributed by atoms with Crippen molar-refractivity contribution in [3.05, 3.63) is 23.8 Å². The van der Waals surface area contributed by atoms with Crippen molar-refractivity contribution in [1.29, 1.82) is 0 Å². The number of aliphatic hydroxyl groups is 2. The number of aliphatic hydroxyl groups excluding tert-OH is 2. The van der Waals surface area contributed by atoms with Crippen molar-refractivity contribution in [2.45, 2.75) is 76.2 Å². The minimum absolute atomic E-state index is 0.100. The van der Waals surface area contributed by atoms with Gasteiger partial charge in [0, 0.05) is 16.7 Å². The van der Waals surface area contributed by atoms with Gasteiger partial charge in [-0.2, -0.15) is 0 Å². The Hall–Kier alpha value is -1.94. The maximum atomic E-state index is 17.2. The topological polar surface area (TPSA) is 119 Å². The number of esters is 1. The molecule has 5 rings (SSSR count). The molecule has 0 spiro atoms. The third-order valence-corrected chi connectivity index (χ3v) is 9.42. The number of hydrogen-bond donors (Lipinski definition) is 2. The zero-order chi connectivity index (χ0) is 24.7. The maximum Gasteiger partial charge on any atom is 0.363 e. The van der Waals surface area contributed by atoms with Crippen LogP contribution in [-0.2, 0) is 28.6 Å². The number of ether oxygens (including phenoxy) is 3. The van der Waals surface area contributed by atoms with Crippen molar-refractivity contribution in [1.82, 2.24) is 0 Å². The molecule has 2 N–H and O–H groups in total. The number of rotatable bonds is 4. The van der Waals surface area contributed by atoms with Gasteiger partial charge in [-0.05, 0) is 57.6 Å². The van der Waals surface area contributed by atoms with Crippen molar-refractivity contribution in [2.24, 2.45) is 22.7 Å². The molecule has 0 amide bonds. The minimum atomic E-state index is -2.07. The Balaban J connectivity index is 1.58. The summed E-state index contributed by atoms with van der Waals surface area (Å²) in [6, 6.07) is 0. The SMILES string of the molecule is CCOC(=O)C1OC2C[C@H]3[C@@H]4CCC5=CC(=O)C=C[C@]5(C)[C@@]4(F)[C@@H](O)C[C@]3(C)[C@]2(C(=O)CO)O1. The van der Waals surface area contributed by atoms with Crippen LogP contribution in [0.4, 0.5) is 4.39 Å². The number of allylic oxidation sites excluding steroid dienone is 4. The van der Waals surface area contributed by atoms with Gasteiger partial charge in [0.25, 0.3) is 6.29 Å². The number of Topliss-reactive ketones (excluding diaryl/α,β-unsaturated/α-hetero) is 1. The summed E-state index contributed by atoms with van der Waals surface area (Å²) in [5.41, 5.74) is -5.37. The van der Waals surface area contributed by atoms with E-state index in [1.165, 1.54) is 12.2 Å². The highest BCUT2D eigenvalue weighted by Gasteiger charge is 2.79. The Morgan fingerprint density at radius 2 is 2.03 bits per heavy atom. The minimum Gasteiger partial charge on any atom is -0.462 e. The number of alkyl halides is 1. The van der Waals surface area contributed by atoms with Crippen LogP contribution in [0.25, 0.3) is 0 Å². The highest BCUT2D eigenvalue weighted by Crippen LogP contribution is 2.71. The van der Waals surface area contributed by atoms with Crippen LogP contribution in [0.1, 0.15) is 46.5 Å². The van der Waals surface area contributed by atoms with Gasteiger partial charge < -0.3 is 24.4 Å². The van der Waals surface area contributed by atoms with Crippen LogP contribution in [0, 0.1) is 22.7 Å². The van der Waals surface area contributed by atoms with E-state index in [9.17, 15) is 24.6 Å². The molecule has 34 heavy (non-hydrogen) atoms. The van der Waals surface area contributed by atoms with Crippen molar-refractivity contribution in [3.8, 4) is 0 Å². The Morgan fingerprint density at radius 3 is 2.71 bits per heavy atom. The van der Waals surface area contributed by atoms with Gasteiger partial charge in [-0.25, -0.2) is 9.18 Å². The molecule has 1 heterocycles. The number of carbonyl (C=O) groups is 3. The third-order valence-electron chi connectivity index (χ3n) is 9.42. The zero-order valence-corrected chi connectivity index (χ0v) is 19.6. The molecule has 0 radical (unpaired) electrons. The molecule has 1 aliphatic heterocycles. The van der Waals surface area contributed by atoms with Crippen LogP contribution in [-0.4, -0.2) is 70.7 Å². The van der Waals surface area contributed by atoms with Gasteiger partial charge in [-0.1, -0.05) is 18.6 Å². The van der Waals surface area contributed by atoms with E-state index >= 15 is 4.39 Å². The van der Waals surface area contributed by atoms with E-state index in [0.717, 1.165) is 0 Å². The molecule has 8 nitrogen and oxygen atoms in total. The highest BCUT2D eigenvalue weighted by molar-refractivity contribution is 6.01. The largest absolute Gasteiger partial charge is 0.462 e. The van der Waals surface area contributed by atoms with Crippen molar-refractivity contribution in [3.63, 3.8) is 0 Å². The lowest BCUT2D eigenvalue weighted by Gasteiger charge is -2.62. The average Bonchev–Trinajstić information content (AvgIpc) is 3.29. The summed E-state index contributed by atoms with van der Waals surface area (Å²) in [5, 5.41) is 21.3. The lowest BCUT2D eigenvalue weighted by molar-refractivity contribution is -0.233. The summed E-state index contributed by atoms with van der Waals surface area (Å²) in [6.07, 6.45) is 1.56. The van der Waals surface area contributed by atoms with Gasteiger partial charge in [-0.15, -0.1) is 0 Å². The smallest absolute Gasteiger partial charge is 0.363 e. The van der Waals surface area contributed by atoms with Crippen LogP contribution in [0.3, 0.4) is 0 Å². The first-order valence-corrected chi connectivity index (χ1v) is 11.9. The number of ketones is 2. The van der Waals surface area contributed by atoms with Gasteiger partial charge in [0.1, 0.15) is 6.61 Å². The van der Waals surface area contributed by atoms with Crippen LogP contribution >= 0.6 is 0 Å². The van der Waals surface area contributed by atoms with Crippen molar-refractivity contribution < 1.29 is 43.2 Å². The van der Waals surface area contributed by atoms with Crippen molar-refractivity contribution >= 4 is 17.5 Å². The molecule has 5 aliphatic rings. The second-order valence-corrected chi connectivity index (χ2v) is 10.6. The van der Waals surface area contributed by atoms with Gasteiger partial charge in [0.05, 0.1) is 18.8 Å². The number of halogens is 1. The Kier molecular flexibility index (Phi) is 5.27. The van der Waals surface area contributed by atoms with Gasteiger partial charge in [0.2, 0.25) is 0 Å². The molecule has 9 atom stereocenters. The van der Waals surface area contributed by atoms with E-state index in [4.69, 9.17) is 14.2 Å². The van der Waals surface area contributed by atoms with E-state index in [2.05, 4.69) is 0 Å². The van der Waals surface area contributed by atoms with E-state index < -0.39 is 70.8 Å². The molecule has 0 bridgehead atoms. The number of hydrogen-bond acceptors (Lipinski definition) is 8. The van der Waals surface area contributed by atoms with E-state index in [0.29, 0.717) is 18.4 Å². The molecular formula is C25H31FO8. The van der Waals surface area contributed by atoms with Gasteiger partial charge >= 0.3 is 5.97 Å². The van der Waals surface area contributed by atoms with Gasteiger partial charge in [-0.3, -0.25) is 9.59 Å². The van der Waals surface area contributed by atoms with Crippen LogP contribution in [0.15, 0.2) is 23.8 Å². The molecule has 186 valence electrons. The Labute approximate surface area is 197 Å². The predicted octanol–water partition coefficient (Wildman–Crippen LogP) is 1.57. The van der Waals surface area contributed by atoms with Crippen LogP contribution < -0.4 is 0 Å². The molecule has 1 saturated heterocycles. The molecule has 2 unspecified atom stereocenters. The van der Waals surface area contributed by atoms with Crippen molar-refractivity contribution in [2.75, 3.05) is 13.2 Å². The molecule has 0 aromatic rings. The first-order valence-electron chi connectivity index (χ1n) is 11.9. The van der Waals surface area contributed by atoms with E-state index in [1.807, 2.05) is 0 Å². The highest BCUT2D eigenvalue weighted by atomic mass is 19.1.